The van der Waals surface area contributed by atoms with Crippen molar-refractivity contribution in [3.8, 4) is 11.5 Å². The fourth-order valence-corrected chi connectivity index (χ4v) is 2.28. The van der Waals surface area contributed by atoms with Crippen LogP contribution in [0.5, 0.6) is 11.5 Å². The van der Waals surface area contributed by atoms with Crippen molar-refractivity contribution in [2.45, 2.75) is 6.54 Å². The maximum absolute atomic E-state index is 5.76. The molecule has 120 valence electrons. The highest BCUT2D eigenvalue weighted by atomic mass is 32.1. The van der Waals surface area contributed by atoms with Gasteiger partial charge in [0.05, 0.1) is 0 Å². The van der Waals surface area contributed by atoms with Crippen molar-refractivity contribution in [3.63, 3.8) is 0 Å². The van der Waals surface area contributed by atoms with Gasteiger partial charge in [-0.2, -0.15) is 0 Å². The fraction of sp³-hybridized carbons (Fsp3) is 0.0526. The summed E-state index contributed by atoms with van der Waals surface area (Å²) in [5, 5.41) is 6.86. The van der Waals surface area contributed by atoms with Gasteiger partial charge in [0.15, 0.2) is 5.11 Å². The van der Waals surface area contributed by atoms with Crippen LogP contribution in [0.3, 0.4) is 0 Å². The first-order valence-electron chi connectivity index (χ1n) is 7.56. The Bertz CT molecular complexity index is 777. The van der Waals surface area contributed by atoms with Crippen molar-refractivity contribution in [1.29, 1.82) is 0 Å². The van der Waals surface area contributed by atoms with Crippen molar-refractivity contribution in [1.82, 2.24) is 10.3 Å². The van der Waals surface area contributed by atoms with E-state index in [2.05, 4.69) is 15.6 Å². The van der Waals surface area contributed by atoms with Crippen LogP contribution in [0.1, 0.15) is 5.56 Å². The normalized spacial score (nSPS) is 10.0. The Kier molecular flexibility index (Phi) is 5.37. The SMILES string of the molecule is S=C(NCc1cccnc1)Nc1ccc(Oc2ccccc2)cc1. The molecule has 2 N–H and O–H groups in total. The molecule has 1 heterocycles. The van der Waals surface area contributed by atoms with Crippen molar-refractivity contribution in [3.05, 3.63) is 84.7 Å². The number of aromatic nitrogens is 1. The minimum absolute atomic E-state index is 0.565. The van der Waals surface area contributed by atoms with Gasteiger partial charge in [0.1, 0.15) is 11.5 Å². The van der Waals surface area contributed by atoms with Crippen LogP contribution in [0.25, 0.3) is 0 Å². The van der Waals surface area contributed by atoms with E-state index >= 15 is 0 Å². The van der Waals surface area contributed by atoms with E-state index in [0.29, 0.717) is 11.7 Å². The van der Waals surface area contributed by atoms with E-state index in [4.69, 9.17) is 17.0 Å². The van der Waals surface area contributed by atoms with Gasteiger partial charge in [-0.1, -0.05) is 24.3 Å². The Hall–Kier alpha value is -2.92. The van der Waals surface area contributed by atoms with Crippen LogP contribution >= 0.6 is 12.2 Å². The second kappa shape index (κ2) is 8.08. The number of benzene rings is 2. The van der Waals surface area contributed by atoms with E-state index in [9.17, 15) is 0 Å². The second-order valence-electron chi connectivity index (χ2n) is 5.11. The molecule has 0 bridgehead atoms. The van der Waals surface area contributed by atoms with E-state index in [0.717, 1.165) is 22.7 Å². The summed E-state index contributed by atoms with van der Waals surface area (Å²) in [6, 6.07) is 21.2. The molecule has 0 amide bonds. The highest BCUT2D eigenvalue weighted by Crippen LogP contribution is 2.22. The van der Waals surface area contributed by atoms with Gasteiger partial charge in [0.2, 0.25) is 0 Å². The molecular weight excluding hydrogens is 318 g/mol. The Morgan fingerprint density at radius 1 is 0.917 bits per heavy atom. The van der Waals surface area contributed by atoms with Crippen LogP contribution in [0.4, 0.5) is 5.69 Å². The molecule has 0 aliphatic heterocycles. The zero-order chi connectivity index (χ0) is 16.6. The molecule has 0 aliphatic rings. The molecule has 1 aromatic heterocycles. The van der Waals surface area contributed by atoms with E-state index < -0.39 is 0 Å². The Labute approximate surface area is 146 Å². The van der Waals surface area contributed by atoms with E-state index in [1.54, 1.807) is 6.20 Å². The third-order valence-corrected chi connectivity index (χ3v) is 3.51. The summed E-state index contributed by atoms with van der Waals surface area (Å²) in [6.45, 7) is 0.634. The Morgan fingerprint density at radius 2 is 1.67 bits per heavy atom. The topological polar surface area (TPSA) is 46.2 Å². The first-order valence-corrected chi connectivity index (χ1v) is 7.97. The molecule has 0 saturated heterocycles. The molecule has 0 unspecified atom stereocenters. The van der Waals surface area contributed by atoms with Crippen LogP contribution in [0, 0.1) is 0 Å². The first kappa shape index (κ1) is 16.0. The van der Waals surface area contributed by atoms with Gasteiger partial charge in [0.25, 0.3) is 0 Å². The fourth-order valence-electron chi connectivity index (χ4n) is 2.09. The molecule has 0 aliphatic carbocycles. The van der Waals surface area contributed by atoms with Gasteiger partial charge in [0, 0.05) is 24.6 Å². The molecule has 5 heteroatoms. The van der Waals surface area contributed by atoms with Crippen LogP contribution in [-0.2, 0) is 6.54 Å². The van der Waals surface area contributed by atoms with Crippen molar-refractivity contribution >= 4 is 23.0 Å². The van der Waals surface area contributed by atoms with Crippen LogP contribution in [0.2, 0.25) is 0 Å². The summed E-state index contributed by atoms with van der Waals surface area (Å²) in [4.78, 5) is 4.07. The minimum Gasteiger partial charge on any atom is -0.457 e. The maximum Gasteiger partial charge on any atom is 0.171 e. The molecule has 0 spiro atoms. The lowest BCUT2D eigenvalue weighted by atomic mass is 10.3. The van der Waals surface area contributed by atoms with Crippen molar-refractivity contribution in [2.75, 3.05) is 5.32 Å². The highest BCUT2D eigenvalue weighted by molar-refractivity contribution is 7.80. The van der Waals surface area contributed by atoms with Gasteiger partial charge < -0.3 is 15.4 Å². The van der Waals surface area contributed by atoms with Gasteiger partial charge in [-0.05, 0) is 60.2 Å². The molecule has 0 fully saturated rings. The second-order valence-corrected chi connectivity index (χ2v) is 5.52. The zero-order valence-corrected chi connectivity index (χ0v) is 13.8. The summed E-state index contributed by atoms with van der Waals surface area (Å²) in [6.07, 6.45) is 3.56. The molecule has 3 rings (SSSR count). The molecule has 0 saturated carbocycles. The number of ether oxygens (including phenoxy) is 1. The average Bonchev–Trinajstić information content (AvgIpc) is 2.63. The van der Waals surface area contributed by atoms with Gasteiger partial charge in [-0.15, -0.1) is 0 Å². The van der Waals surface area contributed by atoms with E-state index in [1.807, 2.05) is 72.9 Å². The average molecular weight is 335 g/mol. The highest BCUT2D eigenvalue weighted by Gasteiger charge is 2.00. The summed E-state index contributed by atoms with van der Waals surface area (Å²) in [5.74, 6) is 1.59. The van der Waals surface area contributed by atoms with Gasteiger partial charge in [-0.3, -0.25) is 4.98 Å². The molecule has 4 nitrogen and oxygen atoms in total. The summed E-state index contributed by atoms with van der Waals surface area (Å²) < 4.78 is 5.76. The summed E-state index contributed by atoms with van der Waals surface area (Å²) in [5.41, 5.74) is 1.98. The lowest BCUT2D eigenvalue weighted by molar-refractivity contribution is 0.483. The lowest BCUT2D eigenvalue weighted by Gasteiger charge is -2.11. The molecule has 0 radical (unpaired) electrons. The number of rotatable bonds is 5. The Morgan fingerprint density at radius 3 is 2.38 bits per heavy atom. The molecular formula is C19H17N3OS. The molecule has 24 heavy (non-hydrogen) atoms. The number of para-hydroxylation sites is 1. The monoisotopic (exact) mass is 335 g/mol. The largest absolute Gasteiger partial charge is 0.457 e. The van der Waals surface area contributed by atoms with Crippen molar-refractivity contribution in [2.24, 2.45) is 0 Å². The Balaban J connectivity index is 1.51. The van der Waals surface area contributed by atoms with E-state index in [1.165, 1.54) is 0 Å². The first-order chi connectivity index (χ1) is 11.8. The third-order valence-electron chi connectivity index (χ3n) is 3.27. The maximum atomic E-state index is 5.76. The number of nitrogens with one attached hydrogen (secondary N) is 2. The van der Waals surface area contributed by atoms with Crippen molar-refractivity contribution < 1.29 is 4.74 Å². The predicted molar refractivity (Wildman–Crippen MR) is 100 cm³/mol. The summed E-state index contributed by atoms with van der Waals surface area (Å²) in [7, 11) is 0. The standard InChI is InChI=1S/C19H17N3OS/c24-19(21-14-15-5-4-12-20-13-15)22-16-8-10-18(11-9-16)23-17-6-2-1-3-7-17/h1-13H,14H2,(H2,21,22,24). The number of anilines is 1. The van der Waals surface area contributed by atoms with Gasteiger partial charge in [-0.25, -0.2) is 0 Å². The molecule has 0 atom stereocenters. The number of nitrogens with zero attached hydrogens (tertiary/aromatic N) is 1. The van der Waals surface area contributed by atoms with Crippen LogP contribution in [0.15, 0.2) is 79.1 Å². The minimum atomic E-state index is 0.565. The van der Waals surface area contributed by atoms with Crippen LogP contribution in [-0.4, -0.2) is 10.1 Å². The van der Waals surface area contributed by atoms with E-state index in [-0.39, 0.29) is 0 Å². The van der Waals surface area contributed by atoms with Gasteiger partial charge >= 0.3 is 0 Å². The number of thiocarbonyl (C=S) groups is 1. The quantitative estimate of drug-likeness (QED) is 0.678. The number of hydrogen-bond acceptors (Lipinski definition) is 3. The predicted octanol–water partition coefficient (Wildman–Crippen LogP) is 4.36. The smallest absolute Gasteiger partial charge is 0.171 e. The zero-order valence-electron chi connectivity index (χ0n) is 13.0. The van der Waals surface area contributed by atoms with Crippen LogP contribution < -0.4 is 15.4 Å². The number of hydrogen-bond donors (Lipinski definition) is 2. The number of pyridine rings is 1. The third kappa shape index (κ3) is 4.79. The molecule has 2 aromatic carbocycles. The summed E-state index contributed by atoms with van der Waals surface area (Å²) >= 11 is 5.30. The molecule has 3 aromatic rings. The lowest BCUT2D eigenvalue weighted by Crippen LogP contribution is -2.27.